The summed E-state index contributed by atoms with van der Waals surface area (Å²) in [5.74, 6) is -1.05. The molecule has 1 aliphatic heterocycles. The van der Waals surface area contributed by atoms with Crippen molar-refractivity contribution in [3.63, 3.8) is 0 Å². The van der Waals surface area contributed by atoms with Crippen molar-refractivity contribution < 1.29 is 19.4 Å². The Kier molecular flexibility index (Phi) is 5.23. The minimum absolute atomic E-state index is 0.00761. The van der Waals surface area contributed by atoms with E-state index in [0.717, 1.165) is 25.9 Å². The maximum atomic E-state index is 12.1. The first kappa shape index (κ1) is 15.1. The molecule has 1 saturated heterocycles. The molecule has 0 unspecified atom stereocenters. The van der Waals surface area contributed by atoms with Crippen LogP contribution in [-0.4, -0.2) is 53.8 Å². The summed E-state index contributed by atoms with van der Waals surface area (Å²) in [6.07, 6.45) is 4.00. The zero-order valence-electron chi connectivity index (χ0n) is 12.0. The summed E-state index contributed by atoms with van der Waals surface area (Å²) in [4.78, 5) is 24.8. The number of carboxylic acids is 1. The van der Waals surface area contributed by atoms with Crippen LogP contribution in [0.5, 0.6) is 0 Å². The summed E-state index contributed by atoms with van der Waals surface area (Å²) in [6, 6.07) is -0.0517. The van der Waals surface area contributed by atoms with Gasteiger partial charge in [-0.2, -0.15) is 0 Å². The molecule has 2 fully saturated rings. The van der Waals surface area contributed by atoms with E-state index in [1.165, 1.54) is 0 Å². The van der Waals surface area contributed by atoms with Crippen LogP contribution in [0.2, 0.25) is 0 Å². The number of carboxylic acid groups (broad SMARTS) is 1. The van der Waals surface area contributed by atoms with E-state index in [2.05, 4.69) is 5.32 Å². The monoisotopic (exact) mass is 284 g/mol. The predicted octanol–water partition coefficient (Wildman–Crippen LogP) is 1.45. The fraction of sp³-hybridized carbons (Fsp3) is 0.857. The molecule has 0 spiro atoms. The number of carbonyl (C=O) groups is 2. The van der Waals surface area contributed by atoms with Crippen molar-refractivity contribution in [1.29, 1.82) is 0 Å². The van der Waals surface area contributed by atoms with E-state index in [1.54, 1.807) is 0 Å². The van der Waals surface area contributed by atoms with Crippen LogP contribution in [0.1, 0.15) is 39.0 Å². The lowest BCUT2D eigenvalue weighted by Gasteiger charge is -2.32. The van der Waals surface area contributed by atoms with Gasteiger partial charge in [0.2, 0.25) is 0 Å². The van der Waals surface area contributed by atoms with E-state index in [0.29, 0.717) is 25.9 Å². The molecule has 0 bridgehead atoms. The fourth-order valence-electron chi connectivity index (χ4n) is 3.06. The number of rotatable bonds is 4. The molecule has 1 aliphatic carbocycles. The second kappa shape index (κ2) is 6.92. The highest BCUT2D eigenvalue weighted by Gasteiger charge is 2.32. The number of ether oxygens (including phenoxy) is 1. The Labute approximate surface area is 119 Å². The van der Waals surface area contributed by atoms with Gasteiger partial charge in [0.25, 0.3) is 0 Å². The molecule has 0 aromatic rings. The van der Waals surface area contributed by atoms with Crippen molar-refractivity contribution in [2.45, 2.75) is 51.2 Å². The first-order chi connectivity index (χ1) is 9.60. The van der Waals surface area contributed by atoms with Crippen molar-refractivity contribution in [2.75, 3.05) is 19.7 Å². The third-order valence-corrected chi connectivity index (χ3v) is 4.24. The Balaban J connectivity index is 1.72. The van der Waals surface area contributed by atoms with Gasteiger partial charge in [-0.3, -0.25) is 4.79 Å². The van der Waals surface area contributed by atoms with Gasteiger partial charge in [0.1, 0.15) is 0 Å². The summed E-state index contributed by atoms with van der Waals surface area (Å²) in [5, 5.41) is 11.9. The number of carbonyl (C=O) groups excluding carboxylic acids is 1. The zero-order chi connectivity index (χ0) is 14.5. The van der Waals surface area contributed by atoms with Gasteiger partial charge in [0.05, 0.1) is 12.0 Å². The van der Waals surface area contributed by atoms with Crippen LogP contribution < -0.4 is 5.32 Å². The van der Waals surface area contributed by atoms with Crippen LogP contribution in [0.25, 0.3) is 0 Å². The Bertz CT molecular complexity index is 353. The number of urea groups is 1. The molecule has 6 nitrogen and oxygen atoms in total. The van der Waals surface area contributed by atoms with Crippen LogP contribution in [0, 0.1) is 5.92 Å². The van der Waals surface area contributed by atoms with Crippen molar-refractivity contribution >= 4 is 12.0 Å². The van der Waals surface area contributed by atoms with Gasteiger partial charge in [0.15, 0.2) is 0 Å². The summed E-state index contributed by atoms with van der Waals surface area (Å²) < 4.78 is 5.56. The standard InChI is InChI=1S/C14H24N2O4/c1-2-20-12-5-7-16(8-6-12)14(19)15-11-4-3-10(9-11)13(17)18/h10-12H,2-9H2,1H3,(H,15,19)(H,17,18)/t10-,11+/m1/s1. The van der Waals surface area contributed by atoms with Crippen molar-refractivity contribution in [2.24, 2.45) is 5.92 Å². The molecule has 2 amide bonds. The molecule has 0 radical (unpaired) electrons. The number of amides is 2. The maximum Gasteiger partial charge on any atom is 0.317 e. The van der Waals surface area contributed by atoms with Gasteiger partial charge in [-0.25, -0.2) is 4.79 Å². The van der Waals surface area contributed by atoms with Crippen molar-refractivity contribution in [1.82, 2.24) is 10.2 Å². The second-order valence-corrected chi connectivity index (χ2v) is 5.64. The largest absolute Gasteiger partial charge is 0.481 e. The molecular weight excluding hydrogens is 260 g/mol. The molecule has 114 valence electrons. The average molecular weight is 284 g/mol. The highest BCUT2D eigenvalue weighted by molar-refractivity contribution is 5.75. The number of aliphatic carboxylic acids is 1. The normalized spacial score (nSPS) is 27.6. The van der Waals surface area contributed by atoms with Gasteiger partial charge in [-0.1, -0.05) is 0 Å². The van der Waals surface area contributed by atoms with E-state index in [-0.39, 0.29) is 24.1 Å². The Morgan fingerprint density at radius 1 is 1.25 bits per heavy atom. The lowest BCUT2D eigenvalue weighted by molar-refractivity contribution is -0.141. The Hall–Kier alpha value is -1.30. The molecule has 1 saturated carbocycles. The van der Waals surface area contributed by atoms with E-state index in [1.807, 2.05) is 11.8 Å². The number of likely N-dealkylation sites (tertiary alicyclic amines) is 1. The fourth-order valence-corrected chi connectivity index (χ4v) is 3.06. The minimum atomic E-state index is -0.751. The smallest absolute Gasteiger partial charge is 0.317 e. The van der Waals surface area contributed by atoms with Gasteiger partial charge in [-0.15, -0.1) is 0 Å². The first-order valence-corrected chi connectivity index (χ1v) is 7.50. The van der Waals surface area contributed by atoms with Gasteiger partial charge in [-0.05, 0) is 39.0 Å². The lowest BCUT2D eigenvalue weighted by Crippen LogP contribution is -2.48. The second-order valence-electron chi connectivity index (χ2n) is 5.64. The van der Waals surface area contributed by atoms with Gasteiger partial charge >= 0.3 is 12.0 Å². The zero-order valence-corrected chi connectivity index (χ0v) is 12.0. The summed E-state index contributed by atoms with van der Waals surface area (Å²) in [7, 11) is 0. The van der Waals surface area contributed by atoms with Crippen molar-refractivity contribution in [3.8, 4) is 0 Å². The van der Waals surface area contributed by atoms with E-state index < -0.39 is 5.97 Å². The number of hydrogen-bond donors (Lipinski definition) is 2. The predicted molar refractivity (Wildman–Crippen MR) is 73.5 cm³/mol. The maximum absolute atomic E-state index is 12.1. The molecule has 0 aromatic heterocycles. The quantitative estimate of drug-likeness (QED) is 0.819. The van der Waals surface area contributed by atoms with E-state index in [4.69, 9.17) is 9.84 Å². The highest BCUT2D eigenvalue weighted by Crippen LogP contribution is 2.26. The number of hydrogen-bond acceptors (Lipinski definition) is 3. The number of piperidine rings is 1. The molecule has 0 aromatic carbocycles. The van der Waals surface area contributed by atoms with Crippen LogP contribution >= 0.6 is 0 Å². The number of nitrogens with one attached hydrogen (secondary N) is 1. The van der Waals surface area contributed by atoms with Crippen LogP contribution in [0.15, 0.2) is 0 Å². The molecule has 6 heteroatoms. The lowest BCUT2D eigenvalue weighted by atomic mass is 10.1. The first-order valence-electron chi connectivity index (χ1n) is 7.50. The van der Waals surface area contributed by atoms with Gasteiger partial charge < -0.3 is 20.1 Å². The molecule has 2 rings (SSSR count). The van der Waals surface area contributed by atoms with Crippen molar-refractivity contribution in [3.05, 3.63) is 0 Å². The Morgan fingerprint density at radius 3 is 2.50 bits per heavy atom. The van der Waals surface area contributed by atoms with Crippen LogP contribution in [0.4, 0.5) is 4.79 Å². The van der Waals surface area contributed by atoms with Gasteiger partial charge in [0, 0.05) is 25.7 Å². The van der Waals surface area contributed by atoms with Crippen LogP contribution in [-0.2, 0) is 9.53 Å². The molecule has 1 heterocycles. The molecule has 2 aliphatic rings. The molecule has 2 N–H and O–H groups in total. The summed E-state index contributed by atoms with van der Waals surface area (Å²) in [5.41, 5.74) is 0. The summed E-state index contributed by atoms with van der Waals surface area (Å²) in [6.45, 7) is 4.13. The number of nitrogens with zero attached hydrogens (tertiary/aromatic N) is 1. The van der Waals surface area contributed by atoms with E-state index >= 15 is 0 Å². The summed E-state index contributed by atoms with van der Waals surface area (Å²) >= 11 is 0. The topological polar surface area (TPSA) is 78.9 Å². The van der Waals surface area contributed by atoms with Crippen LogP contribution in [0.3, 0.4) is 0 Å². The van der Waals surface area contributed by atoms with E-state index in [9.17, 15) is 9.59 Å². The molecular formula is C14H24N2O4. The Morgan fingerprint density at radius 2 is 1.95 bits per heavy atom. The molecule has 20 heavy (non-hydrogen) atoms. The third-order valence-electron chi connectivity index (χ3n) is 4.24. The third kappa shape index (κ3) is 3.85. The molecule has 2 atom stereocenters. The highest BCUT2D eigenvalue weighted by atomic mass is 16.5. The average Bonchev–Trinajstić information content (AvgIpc) is 2.88. The SMILES string of the molecule is CCOC1CCN(C(=O)N[C@H]2CC[C@@H](C(=O)O)C2)CC1. The minimum Gasteiger partial charge on any atom is -0.481 e.